The van der Waals surface area contributed by atoms with Gasteiger partial charge < -0.3 is 20.1 Å². The van der Waals surface area contributed by atoms with Gasteiger partial charge in [0.2, 0.25) is 0 Å². The van der Waals surface area contributed by atoms with Crippen molar-refractivity contribution in [3.8, 4) is 5.75 Å². The van der Waals surface area contributed by atoms with Gasteiger partial charge in [-0.15, -0.1) is 0 Å². The molecule has 0 amide bonds. The smallest absolute Gasteiger partial charge is 0.191 e. The van der Waals surface area contributed by atoms with E-state index in [1.54, 1.807) is 7.11 Å². The first-order valence-corrected chi connectivity index (χ1v) is 8.55. The second-order valence-corrected chi connectivity index (χ2v) is 5.26. The van der Waals surface area contributed by atoms with E-state index in [2.05, 4.69) is 22.5 Å². The Morgan fingerprint density at radius 2 is 1.83 bits per heavy atom. The maximum Gasteiger partial charge on any atom is 0.191 e. The summed E-state index contributed by atoms with van der Waals surface area (Å²) in [6.45, 7) is 6.17. The number of hydrogen-bond donors (Lipinski definition) is 2. The summed E-state index contributed by atoms with van der Waals surface area (Å²) in [5.41, 5.74) is 0. The van der Waals surface area contributed by atoms with Crippen LogP contribution in [0.25, 0.3) is 0 Å². The van der Waals surface area contributed by atoms with E-state index >= 15 is 0 Å². The van der Waals surface area contributed by atoms with Gasteiger partial charge in [0.05, 0.1) is 6.61 Å². The second kappa shape index (κ2) is 13.9. The molecule has 0 spiro atoms. The lowest BCUT2D eigenvalue weighted by atomic mass is 10.2. The SMILES string of the molecule is CCNC(=NCCCOc1ccccc1)NCCCCCOC. The fourth-order valence-corrected chi connectivity index (χ4v) is 2.06. The van der Waals surface area contributed by atoms with Crippen molar-refractivity contribution in [2.75, 3.05) is 40.0 Å². The Labute approximate surface area is 140 Å². The van der Waals surface area contributed by atoms with E-state index in [-0.39, 0.29) is 0 Å². The van der Waals surface area contributed by atoms with Gasteiger partial charge in [0.1, 0.15) is 5.75 Å². The van der Waals surface area contributed by atoms with E-state index in [1.807, 2.05) is 30.3 Å². The van der Waals surface area contributed by atoms with Gasteiger partial charge in [-0.2, -0.15) is 0 Å². The lowest BCUT2D eigenvalue weighted by Crippen LogP contribution is -2.37. The number of guanidine groups is 1. The fourth-order valence-electron chi connectivity index (χ4n) is 2.06. The molecule has 1 aromatic carbocycles. The van der Waals surface area contributed by atoms with E-state index in [0.29, 0.717) is 6.61 Å². The molecule has 5 heteroatoms. The zero-order valence-corrected chi connectivity index (χ0v) is 14.5. The minimum atomic E-state index is 0.684. The monoisotopic (exact) mass is 321 g/mol. The predicted molar refractivity (Wildman–Crippen MR) is 96.3 cm³/mol. The third-order valence-electron chi connectivity index (χ3n) is 3.25. The highest BCUT2D eigenvalue weighted by atomic mass is 16.5. The Morgan fingerprint density at radius 1 is 1.00 bits per heavy atom. The summed E-state index contributed by atoms with van der Waals surface area (Å²) in [6.07, 6.45) is 4.32. The van der Waals surface area contributed by atoms with Crippen LogP contribution in [0, 0.1) is 0 Å². The number of nitrogens with zero attached hydrogens (tertiary/aromatic N) is 1. The first-order valence-electron chi connectivity index (χ1n) is 8.55. The van der Waals surface area contributed by atoms with E-state index in [4.69, 9.17) is 9.47 Å². The molecule has 0 aliphatic carbocycles. The lowest BCUT2D eigenvalue weighted by molar-refractivity contribution is 0.192. The first kappa shape index (κ1) is 19.3. The molecule has 0 unspecified atom stereocenters. The van der Waals surface area contributed by atoms with Gasteiger partial charge in [0, 0.05) is 39.8 Å². The number of rotatable bonds is 12. The highest BCUT2D eigenvalue weighted by molar-refractivity contribution is 5.79. The number of aliphatic imine (C=N–C) groups is 1. The maximum absolute atomic E-state index is 5.66. The molecule has 1 rings (SSSR count). The average Bonchev–Trinajstić information content (AvgIpc) is 2.58. The number of hydrogen-bond acceptors (Lipinski definition) is 3. The van der Waals surface area contributed by atoms with Gasteiger partial charge in [0.25, 0.3) is 0 Å². The van der Waals surface area contributed by atoms with Crippen molar-refractivity contribution in [2.24, 2.45) is 4.99 Å². The molecule has 0 atom stereocenters. The standard InChI is InChI=1S/C18H31N3O2/c1-3-19-18(20-13-8-5-9-15-22-2)21-14-10-16-23-17-11-6-4-7-12-17/h4,6-7,11-12H,3,5,8-10,13-16H2,1-2H3,(H2,19,20,21). The molecule has 0 saturated heterocycles. The molecule has 0 saturated carbocycles. The molecule has 0 heterocycles. The molecule has 0 radical (unpaired) electrons. The summed E-state index contributed by atoms with van der Waals surface area (Å²) < 4.78 is 10.7. The molecule has 0 aliphatic heterocycles. The molecule has 0 bridgehead atoms. The topological polar surface area (TPSA) is 54.9 Å². The quantitative estimate of drug-likeness (QED) is 0.353. The third-order valence-corrected chi connectivity index (χ3v) is 3.25. The fraction of sp³-hybridized carbons (Fsp3) is 0.611. The van der Waals surface area contributed by atoms with Gasteiger partial charge in [0.15, 0.2) is 5.96 Å². The number of methoxy groups -OCH3 is 1. The van der Waals surface area contributed by atoms with Crippen LogP contribution in [0.3, 0.4) is 0 Å². The van der Waals surface area contributed by atoms with Crippen molar-refractivity contribution in [2.45, 2.75) is 32.6 Å². The Hall–Kier alpha value is -1.75. The van der Waals surface area contributed by atoms with Crippen molar-refractivity contribution < 1.29 is 9.47 Å². The Bertz CT molecular complexity index is 410. The van der Waals surface area contributed by atoms with Gasteiger partial charge >= 0.3 is 0 Å². The molecule has 5 nitrogen and oxygen atoms in total. The van der Waals surface area contributed by atoms with Gasteiger partial charge in [-0.3, -0.25) is 4.99 Å². The van der Waals surface area contributed by atoms with Crippen LogP contribution in [0.2, 0.25) is 0 Å². The van der Waals surface area contributed by atoms with Crippen LogP contribution in [0.4, 0.5) is 0 Å². The Morgan fingerprint density at radius 3 is 2.57 bits per heavy atom. The van der Waals surface area contributed by atoms with E-state index in [0.717, 1.165) is 57.2 Å². The average molecular weight is 321 g/mol. The van der Waals surface area contributed by atoms with Crippen molar-refractivity contribution in [3.05, 3.63) is 30.3 Å². The number of ether oxygens (including phenoxy) is 2. The lowest BCUT2D eigenvalue weighted by Gasteiger charge is -2.11. The summed E-state index contributed by atoms with van der Waals surface area (Å²) in [7, 11) is 1.75. The van der Waals surface area contributed by atoms with Crippen molar-refractivity contribution in [3.63, 3.8) is 0 Å². The van der Waals surface area contributed by atoms with Crippen molar-refractivity contribution >= 4 is 5.96 Å². The van der Waals surface area contributed by atoms with Crippen LogP contribution in [0.15, 0.2) is 35.3 Å². The van der Waals surface area contributed by atoms with Crippen molar-refractivity contribution in [1.29, 1.82) is 0 Å². The maximum atomic E-state index is 5.66. The second-order valence-electron chi connectivity index (χ2n) is 5.26. The first-order chi connectivity index (χ1) is 11.4. The largest absolute Gasteiger partial charge is 0.494 e. The van der Waals surface area contributed by atoms with E-state index in [1.165, 1.54) is 6.42 Å². The van der Waals surface area contributed by atoms with Crippen molar-refractivity contribution in [1.82, 2.24) is 10.6 Å². The molecule has 0 fully saturated rings. The van der Waals surface area contributed by atoms with Crippen LogP contribution >= 0.6 is 0 Å². The van der Waals surface area contributed by atoms with Crippen LogP contribution in [0.5, 0.6) is 5.75 Å². The molecular weight excluding hydrogens is 290 g/mol. The molecular formula is C18H31N3O2. The highest BCUT2D eigenvalue weighted by Crippen LogP contribution is 2.08. The molecule has 130 valence electrons. The molecule has 23 heavy (non-hydrogen) atoms. The summed E-state index contributed by atoms with van der Waals surface area (Å²) in [6, 6.07) is 9.89. The number of unbranched alkanes of at least 4 members (excludes halogenated alkanes) is 2. The van der Waals surface area contributed by atoms with Crippen LogP contribution in [0.1, 0.15) is 32.6 Å². The minimum Gasteiger partial charge on any atom is -0.494 e. The molecule has 2 N–H and O–H groups in total. The summed E-state index contributed by atoms with van der Waals surface area (Å²) in [5.74, 6) is 1.80. The molecule has 0 aromatic heterocycles. The number of nitrogens with one attached hydrogen (secondary N) is 2. The normalized spacial score (nSPS) is 11.3. The van der Waals surface area contributed by atoms with Gasteiger partial charge in [-0.1, -0.05) is 18.2 Å². The number of benzene rings is 1. The van der Waals surface area contributed by atoms with E-state index < -0.39 is 0 Å². The minimum absolute atomic E-state index is 0.684. The predicted octanol–water partition coefficient (Wildman–Crippen LogP) is 2.83. The van der Waals surface area contributed by atoms with Gasteiger partial charge in [-0.05, 0) is 38.3 Å². The number of para-hydroxylation sites is 1. The third kappa shape index (κ3) is 10.6. The molecule has 0 aliphatic rings. The molecule has 1 aromatic rings. The zero-order chi connectivity index (χ0) is 16.6. The summed E-state index contributed by atoms with van der Waals surface area (Å²) >= 11 is 0. The van der Waals surface area contributed by atoms with E-state index in [9.17, 15) is 0 Å². The van der Waals surface area contributed by atoms with Crippen LogP contribution in [-0.4, -0.2) is 45.9 Å². The Balaban J connectivity index is 2.13. The van der Waals surface area contributed by atoms with Crippen LogP contribution < -0.4 is 15.4 Å². The van der Waals surface area contributed by atoms with Crippen LogP contribution in [-0.2, 0) is 4.74 Å². The highest BCUT2D eigenvalue weighted by Gasteiger charge is 1.97. The summed E-state index contributed by atoms with van der Waals surface area (Å²) in [5, 5.41) is 6.63. The van der Waals surface area contributed by atoms with Gasteiger partial charge in [-0.25, -0.2) is 0 Å². The Kier molecular flexibility index (Phi) is 11.6. The zero-order valence-electron chi connectivity index (χ0n) is 14.5. The summed E-state index contributed by atoms with van der Waals surface area (Å²) in [4.78, 5) is 4.57.